The lowest BCUT2D eigenvalue weighted by molar-refractivity contribution is -0.141. The highest BCUT2D eigenvalue weighted by atomic mass is 32.2. The zero-order valence-electron chi connectivity index (χ0n) is 14.2. The van der Waals surface area contributed by atoms with Gasteiger partial charge in [-0.05, 0) is 30.2 Å². The minimum Gasteiger partial charge on any atom is -0.348 e. The Morgan fingerprint density at radius 3 is 2.54 bits per heavy atom. The summed E-state index contributed by atoms with van der Waals surface area (Å²) < 4.78 is 66.2. The molecule has 0 spiro atoms. The summed E-state index contributed by atoms with van der Waals surface area (Å²) in [5.41, 5.74) is -0.321. The average Bonchev–Trinajstić information content (AvgIpc) is 3.11. The highest BCUT2D eigenvalue weighted by Crippen LogP contribution is 2.32. The molecular weight excluding hydrogens is 369 g/mol. The molecule has 26 heavy (non-hydrogen) atoms. The van der Waals surface area contributed by atoms with Crippen LogP contribution in [0.3, 0.4) is 0 Å². The van der Waals surface area contributed by atoms with Crippen molar-refractivity contribution < 1.29 is 21.6 Å². The number of sulfone groups is 1. The zero-order chi connectivity index (χ0) is 19.1. The second kappa shape index (κ2) is 6.42. The molecule has 0 aliphatic rings. The number of aromatic nitrogens is 4. The van der Waals surface area contributed by atoms with Gasteiger partial charge in [-0.2, -0.15) is 18.3 Å². The van der Waals surface area contributed by atoms with Gasteiger partial charge in [0.2, 0.25) is 0 Å². The molecule has 0 saturated carbocycles. The summed E-state index contributed by atoms with van der Waals surface area (Å²) in [7, 11) is -3.66. The average molecular weight is 386 g/mol. The number of imidazole rings is 1. The summed E-state index contributed by atoms with van der Waals surface area (Å²) in [6.07, 6.45) is 1.48. The summed E-state index contributed by atoms with van der Waals surface area (Å²) in [4.78, 5) is 3.61. The number of alkyl halides is 3. The topological polar surface area (TPSA) is 69.3 Å². The summed E-state index contributed by atoms with van der Waals surface area (Å²) in [6, 6.07) is 4.21. The molecule has 0 aliphatic heterocycles. The van der Waals surface area contributed by atoms with Gasteiger partial charge in [0.15, 0.2) is 26.2 Å². The third-order valence-corrected chi connectivity index (χ3v) is 4.85. The Balaban J connectivity index is 2.15. The highest BCUT2D eigenvalue weighted by Gasteiger charge is 2.38. The van der Waals surface area contributed by atoms with E-state index in [1.807, 2.05) is 13.0 Å². The van der Waals surface area contributed by atoms with Crippen LogP contribution in [0.2, 0.25) is 0 Å². The van der Waals surface area contributed by atoms with Gasteiger partial charge < -0.3 is 4.57 Å². The van der Waals surface area contributed by atoms with E-state index in [9.17, 15) is 21.6 Å². The molecule has 0 atom stereocenters. The van der Waals surface area contributed by atoms with Gasteiger partial charge in [0.1, 0.15) is 0 Å². The predicted molar refractivity (Wildman–Crippen MR) is 88.6 cm³/mol. The van der Waals surface area contributed by atoms with E-state index in [0.29, 0.717) is 0 Å². The van der Waals surface area contributed by atoms with Crippen LogP contribution in [0.15, 0.2) is 35.6 Å². The maximum absolute atomic E-state index is 13.4. The molecular formula is C16H17F3N4O2S. The Hall–Kier alpha value is -2.36. The van der Waals surface area contributed by atoms with E-state index in [0.717, 1.165) is 35.2 Å². The van der Waals surface area contributed by atoms with Crippen molar-refractivity contribution in [3.63, 3.8) is 0 Å². The number of aryl methyl sites for hydroxylation is 1. The minimum atomic E-state index is -4.67. The maximum atomic E-state index is 13.4. The third kappa shape index (κ3) is 3.59. The minimum absolute atomic E-state index is 0.0549. The highest BCUT2D eigenvalue weighted by molar-refractivity contribution is 7.90. The summed E-state index contributed by atoms with van der Waals surface area (Å²) in [6.45, 7) is 1.89. The van der Waals surface area contributed by atoms with Crippen molar-refractivity contribution in [3.8, 4) is 0 Å². The second-order valence-corrected chi connectivity index (χ2v) is 8.02. The van der Waals surface area contributed by atoms with E-state index < -0.39 is 21.7 Å². The van der Waals surface area contributed by atoms with Crippen LogP contribution < -0.4 is 0 Å². The zero-order valence-corrected chi connectivity index (χ0v) is 15.0. The fourth-order valence-corrected chi connectivity index (χ4v) is 3.27. The second-order valence-electron chi connectivity index (χ2n) is 6.06. The van der Waals surface area contributed by atoms with Crippen LogP contribution in [-0.4, -0.2) is 33.8 Å². The Morgan fingerprint density at radius 2 is 1.92 bits per heavy atom. The first-order valence-corrected chi connectivity index (χ1v) is 9.79. The SMILES string of the molecule is CCCc1ccn(Cc2c(C(F)(F)F)nc3ccc(S(C)(=O)=O)nn23)c1. The lowest BCUT2D eigenvalue weighted by Gasteiger charge is -2.08. The number of halogens is 3. The van der Waals surface area contributed by atoms with Gasteiger partial charge in [0.25, 0.3) is 0 Å². The smallest absolute Gasteiger partial charge is 0.348 e. The fourth-order valence-electron chi connectivity index (χ4n) is 2.73. The van der Waals surface area contributed by atoms with E-state index in [4.69, 9.17) is 0 Å². The first-order valence-electron chi connectivity index (χ1n) is 7.90. The molecule has 0 aliphatic carbocycles. The summed E-state index contributed by atoms with van der Waals surface area (Å²) in [5, 5.41) is 3.56. The molecule has 10 heteroatoms. The van der Waals surface area contributed by atoms with Crippen molar-refractivity contribution in [1.82, 2.24) is 19.2 Å². The first-order chi connectivity index (χ1) is 12.1. The molecule has 6 nitrogen and oxygen atoms in total. The number of rotatable bonds is 5. The van der Waals surface area contributed by atoms with Crippen LogP contribution in [0.25, 0.3) is 5.65 Å². The van der Waals surface area contributed by atoms with Crippen molar-refractivity contribution in [1.29, 1.82) is 0 Å². The van der Waals surface area contributed by atoms with Crippen LogP contribution in [0.4, 0.5) is 13.2 Å². The summed E-state index contributed by atoms with van der Waals surface area (Å²) >= 11 is 0. The normalized spacial score (nSPS) is 12.8. The monoisotopic (exact) mass is 386 g/mol. The lowest BCUT2D eigenvalue weighted by Crippen LogP contribution is -2.14. The molecule has 0 radical (unpaired) electrons. The lowest BCUT2D eigenvalue weighted by atomic mass is 10.2. The van der Waals surface area contributed by atoms with E-state index in [2.05, 4.69) is 10.1 Å². The van der Waals surface area contributed by atoms with Crippen LogP contribution in [0.5, 0.6) is 0 Å². The van der Waals surface area contributed by atoms with Crippen LogP contribution in [-0.2, 0) is 29.0 Å². The standard InChI is InChI=1S/C16H17F3N4O2S/c1-3-4-11-7-8-22(9-11)10-12-15(16(17,18)19)20-13-5-6-14(21-23(12)13)26(2,24)25/h5-9H,3-4,10H2,1-2H3. The third-order valence-electron chi connectivity index (χ3n) is 3.88. The van der Waals surface area contributed by atoms with E-state index in [1.165, 1.54) is 6.07 Å². The number of hydrogen-bond acceptors (Lipinski definition) is 4. The van der Waals surface area contributed by atoms with Gasteiger partial charge in [-0.25, -0.2) is 17.9 Å². The van der Waals surface area contributed by atoms with Crippen LogP contribution in [0.1, 0.15) is 30.3 Å². The molecule has 3 heterocycles. The van der Waals surface area contributed by atoms with Crippen molar-refractivity contribution in [2.24, 2.45) is 0 Å². The van der Waals surface area contributed by atoms with Crippen molar-refractivity contribution in [2.75, 3.05) is 6.26 Å². The fraction of sp³-hybridized carbons (Fsp3) is 0.375. The Kier molecular flexibility index (Phi) is 4.55. The molecule has 3 aromatic heterocycles. The van der Waals surface area contributed by atoms with Crippen LogP contribution in [0, 0.1) is 0 Å². The molecule has 0 amide bonds. The molecule has 3 rings (SSSR count). The Bertz CT molecular complexity index is 1050. The van der Waals surface area contributed by atoms with Gasteiger partial charge in [-0.3, -0.25) is 0 Å². The number of hydrogen-bond donors (Lipinski definition) is 0. The maximum Gasteiger partial charge on any atom is 0.435 e. The van der Waals surface area contributed by atoms with Crippen molar-refractivity contribution >= 4 is 15.5 Å². The number of nitrogens with zero attached hydrogens (tertiary/aromatic N) is 4. The summed E-state index contributed by atoms with van der Waals surface area (Å²) in [5.74, 6) is 0. The molecule has 0 unspecified atom stereocenters. The van der Waals surface area contributed by atoms with Gasteiger partial charge in [0, 0.05) is 18.6 Å². The first kappa shape index (κ1) is 18.4. The van der Waals surface area contributed by atoms with Crippen molar-refractivity contribution in [3.05, 3.63) is 47.5 Å². The molecule has 0 aromatic carbocycles. The molecule has 140 valence electrons. The molecule has 0 fully saturated rings. The van der Waals surface area contributed by atoms with E-state index >= 15 is 0 Å². The molecule has 0 bridgehead atoms. The number of fused-ring (bicyclic) bond motifs is 1. The van der Waals surface area contributed by atoms with Crippen LogP contribution >= 0.6 is 0 Å². The van der Waals surface area contributed by atoms with Gasteiger partial charge in [0.05, 0.1) is 12.2 Å². The predicted octanol–water partition coefficient (Wildman–Crippen LogP) is 2.95. The van der Waals surface area contributed by atoms with Gasteiger partial charge in [-0.1, -0.05) is 13.3 Å². The molecule has 0 saturated heterocycles. The van der Waals surface area contributed by atoms with E-state index in [1.54, 1.807) is 17.0 Å². The molecule has 3 aromatic rings. The van der Waals surface area contributed by atoms with E-state index in [-0.39, 0.29) is 22.9 Å². The van der Waals surface area contributed by atoms with Gasteiger partial charge in [-0.15, -0.1) is 0 Å². The Labute approximate surface area is 148 Å². The Morgan fingerprint density at radius 1 is 1.19 bits per heavy atom. The largest absolute Gasteiger partial charge is 0.435 e. The van der Waals surface area contributed by atoms with Crippen molar-refractivity contribution in [2.45, 2.75) is 37.5 Å². The molecule has 0 N–H and O–H groups in total. The van der Waals surface area contributed by atoms with Gasteiger partial charge >= 0.3 is 6.18 Å². The quantitative estimate of drug-likeness (QED) is 0.676.